The van der Waals surface area contributed by atoms with E-state index < -0.39 is 17.9 Å². The lowest BCUT2D eigenvalue weighted by molar-refractivity contribution is -0.140. The summed E-state index contributed by atoms with van der Waals surface area (Å²) in [6, 6.07) is 8.84. The van der Waals surface area contributed by atoms with E-state index in [0.717, 1.165) is 16.5 Å². The molecule has 0 radical (unpaired) electrons. The standard InChI is InChI=1S/C15H12N6O2/c1-8-12(14(22)23)13(21-15(17-8)18-19-20-21)10-6-7-16-11-5-3-2-4-9(10)11/h2-7,12-13H,1H3,(H,22,23). The third-order valence-electron chi connectivity index (χ3n) is 4.05. The molecule has 1 aliphatic heterocycles. The number of benzene rings is 1. The zero-order valence-electron chi connectivity index (χ0n) is 12.2. The molecule has 4 rings (SSSR count). The second-order valence-corrected chi connectivity index (χ2v) is 5.35. The fourth-order valence-corrected chi connectivity index (χ4v) is 3.04. The van der Waals surface area contributed by atoms with Crippen LogP contribution >= 0.6 is 0 Å². The van der Waals surface area contributed by atoms with E-state index in [1.807, 2.05) is 30.3 Å². The number of carboxylic acids is 1. The molecule has 0 saturated carbocycles. The lowest BCUT2D eigenvalue weighted by Gasteiger charge is -2.28. The summed E-state index contributed by atoms with van der Waals surface area (Å²) < 4.78 is 1.47. The first-order valence-electron chi connectivity index (χ1n) is 7.06. The van der Waals surface area contributed by atoms with Crippen LogP contribution < -0.4 is 0 Å². The van der Waals surface area contributed by atoms with Crippen molar-refractivity contribution in [1.29, 1.82) is 0 Å². The molecule has 0 spiro atoms. The number of para-hydroxylation sites is 1. The third-order valence-corrected chi connectivity index (χ3v) is 4.05. The zero-order valence-corrected chi connectivity index (χ0v) is 12.2. The molecule has 0 fully saturated rings. The Morgan fingerprint density at radius 2 is 2.09 bits per heavy atom. The van der Waals surface area contributed by atoms with Crippen molar-refractivity contribution in [2.75, 3.05) is 0 Å². The van der Waals surface area contributed by atoms with Crippen LogP contribution in [0.4, 0.5) is 5.95 Å². The van der Waals surface area contributed by atoms with E-state index in [4.69, 9.17) is 0 Å². The Bertz CT molecular complexity index is 943. The van der Waals surface area contributed by atoms with E-state index in [9.17, 15) is 9.90 Å². The zero-order chi connectivity index (χ0) is 16.0. The topological polar surface area (TPSA) is 106 Å². The summed E-state index contributed by atoms with van der Waals surface area (Å²) in [7, 11) is 0. The molecule has 23 heavy (non-hydrogen) atoms. The predicted molar refractivity (Wildman–Crippen MR) is 81.6 cm³/mol. The Hall–Kier alpha value is -3.16. The van der Waals surface area contributed by atoms with Crippen molar-refractivity contribution in [3.8, 4) is 0 Å². The fraction of sp³-hybridized carbons (Fsp3) is 0.200. The Morgan fingerprint density at radius 3 is 2.91 bits per heavy atom. The highest BCUT2D eigenvalue weighted by atomic mass is 16.4. The highest BCUT2D eigenvalue weighted by Gasteiger charge is 2.39. The molecule has 0 amide bonds. The number of aromatic nitrogens is 5. The summed E-state index contributed by atoms with van der Waals surface area (Å²) in [6.45, 7) is 1.69. The summed E-state index contributed by atoms with van der Waals surface area (Å²) in [5.41, 5.74) is 2.08. The van der Waals surface area contributed by atoms with Gasteiger partial charge in [0.05, 0.1) is 5.52 Å². The Labute approximate surface area is 130 Å². The number of hydrogen-bond acceptors (Lipinski definition) is 6. The second kappa shape index (κ2) is 4.94. The Kier molecular flexibility index (Phi) is 2.90. The minimum Gasteiger partial charge on any atom is -0.481 e. The van der Waals surface area contributed by atoms with Gasteiger partial charge in [0.2, 0.25) is 0 Å². The third kappa shape index (κ3) is 1.99. The Morgan fingerprint density at radius 1 is 1.26 bits per heavy atom. The molecule has 1 aliphatic rings. The van der Waals surface area contributed by atoms with Crippen LogP contribution in [0.5, 0.6) is 0 Å². The molecule has 114 valence electrons. The summed E-state index contributed by atoms with van der Waals surface area (Å²) in [4.78, 5) is 20.4. The van der Waals surface area contributed by atoms with Crippen molar-refractivity contribution in [2.45, 2.75) is 13.0 Å². The van der Waals surface area contributed by atoms with Gasteiger partial charge in [0.1, 0.15) is 12.0 Å². The number of aliphatic carboxylic acids is 1. The molecular weight excluding hydrogens is 296 g/mol. The first-order valence-corrected chi connectivity index (χ1v) is 7.06. The molecule has 2 atom stereocenters. The van der Waals surface area contributed by atoms with Crippen molar-refractivity contribution >= 4 is 28.5 Å². The van der Waals surface area contributed by atoms with Crippen LogP contribution in [0.2, 0.25) is 0 Å². The monoisotopic (exact) mass is 308 g/mol. The average Bonchev–Trinajstić information content (AvgIpc) is 3.00. The number of tetrazole rings is 1. The van der Waals surface area contributed by atoms with Gasteiger partial charge in [0.15, 0.2) is 0 Å². The van der Waals surface area contributed by atoms with Gasteiger partial charge in [-0.2, -0.15) is 0 Å². The molecule has 0 bridgehead atoms. The number of hydrogen-bond donors (Lipinski definition) is 1. The molecule has 0 aliphatic carbocycles. The van der Waals surface area contributed by atoms with E-state index in [1.165, 1.54) is 4.68 Å². The van der Waals surface area contributed by atoms with Crippen LogP contribution in [0, 0.1) is 5.92 Å². The maximum atomic E-state index is 11.8. The minimum absolute atomic E-state index is 0.311. The van der Waals surface area contributed by atoms with Gasteiger partial charge in [0.25, 0.3) is 5.95 Å². The highest BCUT2D eigenvalue weighted by Crippen LogP contribution is 2.37. The summed E-state index contributed by atoms with van der Waals surface area (Å²) in [5.74, 6) is -1.49. The molecular formula is C15H12N6O2. The van der Waals surface area contributed by atoms with Crippen molar-refractivity contribution in [3.05, 3.63) is 42.1 Å². The lowest BCUT2D eigenvalue weighted by atomic mass is 9.87. The van der Waals surface area contributed by atoms with Crippen molar-refractivity contribution in [3.63, 3.8) is 0 Å². The predicted octanol–water partition coefficient (Wildman–Crippen LogP) is 1.62. The maximum absolute atomic E-state index is 11.8. The quantitative estimate of drug-likeness (QED) is 0.771. The van der Waals surface area contributed by atoms with E-state index in [-0.39, 0.29) is 0 Å². The van der Waals surface area contributed by atoms with E-state index in [1.54, 1.807) is 13.1 Å². The van der Waals surface area contributed by atoms with Gasteiger partial charge in [-0.1, -0.05) is 23.3 Å². The van der Waals surface area contributed by atoms with Crippen LogP contribution in [0.25, 0.3) is 10.9 Å². The number of carbonyl (C=O) groups is 1. The number of pyridine rings is 1. The smallest absolute Gasteiger partial charge is 0.314 e. The fourth-order valence-electron chi connectivity index (χ4n) is 3.04. The number of carboxylic acid groups (broad SMARTS) is 1. The number of aliphatic imine (C=N–C) groups is 1. The molecule has 3 heterocycles. The molecule has 8 heteroatoms. The van der Waals surface area contributed by atoms with Crippen LogP contribution in [-0.4, -0.2) is 42.0 Å². The first-order chi connectivity index (χ1) is 11.2. The molecule has 2 aromatic heterocycles. The molecule has 2 unspecified atom stereocenters. The second-order valence-electron chi connectivity index (χ2n) is 5.35. The molecule has 3 aromatic rings. The molecule has 1 N–H and O–H groups in total. The normalized spacial score (nSPS) is 20.1. The van der Waals surface area contributed by atoms with Gasteiger partial charge >= 0.3 is 5.97 Å². The largest absolute Gasteiger partial charge is 0.481 e. The van der Waals surface area contributed by atoms with Crippen LogP contribution in [-0.2, 0) is 4.79 Å². The van der Waals surface area contributed by atoms with E-state index in [2.05, 4.69) is 25.5 Å². The van der Waals surface area contributed by atoms with Gasteiger partial charge in [-0.15, -0.1) is 0 Å². The first kappa shape index (κ1) is 13.5. The summed E-state index contributed by atoms with van der Waals surface area (Å²) in [5, 5.41) is 22.0. The van der Waals surface area contributed by atoms with Gasteiger partial charge in [-0.25, -0.2) is 9.67 Å². The minimum atomic E-state index is -0.960. The number of nitrogens with zero attached hydrogens (tertiary/aromatic N) is 6. The van der Waals surface area contributed by atoms with Gasteiger partial charge in [-0.3, -0.25) is 9.78 Å². The molecule has 1 aromatic carbocycles. The van der Waals surface area contributed by atoms with Gasteiger partial charge in [-0.05, 0) is 35.0 Å². The molecule has 8 nitrogen and oxygen atoms in total. The van der Waals surface area contributed by atoms with Crippen molar-refractivity contribution < 1.29 is 9.90 Å². The van der Waals surface area contributed by atoms with Gasteiger partial charge < -0.3 is 5.11 Å². The van der Waals surface area contributed by atoms with E-state index in [0.29, 0.717) is 11.7 Å². The average molecular weight is 308 g/mol. The lowest BCUT2D eigenvalue weighted by Crippen LogP contribution is -2.36. The number of fused-ring (bicyclic) bond motifs is 2. The Balaban J connectivity index is 2.01. The van der Waals surface area contributed by atoms with Crippen LogP contribution in [0.15, 0.2) is 41.5 Å². The van der Waals surface area contributed by atoms with Crippen LogP contribution in [0.1, 0.15) is 18.5 Å². The van der Waals surface area contributed by atoms with Crippen molar-refractivity contribution in [2.24, 2.45) is 10.9 Å². The highest BCUT2D eigenvalue weighted by molar-refractivity contribution is 6.03. The van der Waals surface area contributed by atoms with Gasteiger partial charge in [0, 0.05) is 17.3 Å². The molecule has 0 saturated heterocycles. The summed E-state index contributed by atoms with van der Waals surface area (Å²) in [6.07, 6.45) is 1.67. The van der Waals surface area contributed by atoms with E-state index >= 15 is 0 Å². The van der Waals surface area contributed by atoms with Crippen molar-refractivity contribution in [1.82, 2.24) is 25.2 Å². The van der Waals surface area contributed by atoms with Crippen LogP contribution in [0.3, 0.4) is 0 Å². The SMILES string of the molecule is CC1=Nc2nnnn2C(c2ccnc3ccccc23)C1C(=O)O. The maximum Gasteiger partial charge on any atom is 0.314 e. The number of rotatable bonds is 2. The summed E-state index contributed by atoms with van der Waals surface area (Å²) >= 11 is 0.